The van der Waals surface area contributed by atoms with Gasteiger partial charge in [-0.15, -0.1) is 11.3 Å². The maximum atomic E-state index is 6.06. The number of rotatable bonds is 5. The minimum Gasteiger partial charge on any atom is -0.355 e. The molecule has 0 spiro atoms. The van der Waals surface area contributed by atoms with Crippen LogP contribution in [-0.4, -0.2) is 9.36 Å². The maximum absolute atomic E-state index is 6.06. The molecule has 1 N–H and O–H groups in total. The highest BCUT2D eigenvalue weighted by Gasteiger charge is 2.06. The third-order valence-electron chi connectivity index (χ3n) is 2.76. The molecule has 0 atom stereocenters. The molecule has 0 aliphatic rings. The van der Waals surface area contributed by atoms with E-state index in [9.17, 15) is 0 Å². The number of hydrogen-bond donors (Lipinski definition) is 1. The molecule has 2 heterocycles. The van der Waals surface area contributed by atoms with Crippen molar-refractivity contribution in [1.29, 1.82) is 0 Å². The van der Waals surface area contributed by atoms with E-state index >= 15 is 0 Å². The average molecular weight is 322 g/mol. The standard InChI is InChI=1S/C14H12ClN3S2/c15-11-6-7-19-12(11)9-16-14-17-13(18-20-14)8-10-4-2-1-3-5-10/h1-7H,8-9H2,(H,16,17,18). The van der Waals surface area contributed by atoms with Gasteiger partial charge in [0.1, 0.15) is 5.82 Å². The maximum Gasteiger partial charge on any atom is 0.202 e. The Balaban J connectivity index is 1.61. The SMILES string of the molecule is Clc1ccsc1CNc1nc(Cc2ccccc2)ns1. The van der Waals surface area contributed by atoms with Crippen molar-refractivity contribution in [2.75, 3.05) is 5.32 Å². The van der Waals surface area contributed by atoms with E-state index in [1.54, 1.807) is 11.3 Å². The van der Waals surface area contributed by atoms with Gasteiger partial charge in [0, 0.05) is 22.8 Å². The summed E-state index contributed by atoms with van der Waals surface area (Å²) >= 11 is 9.08. The third kappa shape index (κ3) is 3.36. The first-order valence-electron chi connectivity index (χ1n) is 6.13. The fourth-order valence-corrected chi connectivity index (χ4v) is 3.41. The zero-order valence-corrected chi connectivity index (χ0v) is 12.9. The van der Waals surface area contributed by atoms with E-state index in [4.69, 9.17) is 11.6 Å². The van der Waals surface area contributed by atoms with Crippen LogP contribution in [-0.2, 0) is 13.0 Å². The molecule has 6 heteroatoms. The Morgan fingerprint density at radius 3 is 2.75 bits per heavy atom. The first-order chi connectivity index (χ1) is 9.81. The van der Waals surface area contributed by atoms with E-state index in [0.29, 0.717) is 6.54 Å². The number of nitrogens with zero attached hydrogens (tertiary/aromatic N) is 2. The van der Waals surface area contributed by atoms with Crippen molar-refractivity contribution < 1.29 is 0 Å². The molecule has 20 heavy (non-hydrogen) atoms. The second-order valence-electron chi connectivity index (χ2n) is 4.22. The number of nitrogens with one attached hydrogen (secondary N) is 1. The van der Waals surface area contributed by atoms with E-state index in [1.165, 1.54) is 17.1 Å². The summed E-state index contributed by atoms with van der Waals surface area (Å²) < 4.78 is 4.37. The lowest BCUT2D eigenvalue weighted by Gasteiger charge is -1.99. The van der Waals surface area contributed by atoms with Crippen LogP contribution in [0.15, 0.2) is 41.8 Å². The van der Waals surface area contributed by atoms with Gasteiger partial charge in [0.2, 0.25) is 5.13 Å². The Bertz CT molecular complexity index is 679. The van der Waals surface area contributed by atoms with E-state index in [-0.39, 0.29) is 0 Å². The van der Waals surface area contributed by atoms with E-state index in [2.05, 4.69) is 26.8 Å². The molecule has 0 unspecified atom stereocenters. The van der Waals surface area contributed by atoms with Gasteiger partial charge in [0.25, 0.3) is 0 Å². The van der Waals surface area contributed by atoms with E-state index in [1.807, 2.05) is 29.6 Å². The lowest BCUT2D eigenvalue weighted by Crippen LogP contribution is -1.98. The molecule has 0 aliphatic heterocycles. The topological polar surface area (TPSA) is 37.8 Å². The van der Waals surface area contributed by atoms with Crippen molar-refractivity contribution in [3.8, 4) is 0 Å². The summed E-state index contributed by atoms with van der Waals surface area (Å²) in [6.07, 6.45) is 0.763. The Morgan fingerprint density at radius 1 is 1.15 bits per heavy atom. The molecule has 0 amide bonds. The van der Waals surface area contributed by atoms with Crippen LogP contribution in [0.3, 0.4) is 0 Å². The highest BCUT2D eigenvalue weighted by molar-refractivity contribution is 7.10. The minimum absolute atomic E-state index is 0.691. The van der Waals surface area contributed by atoms with Gasteiger partial charge in [-0.25, -0.2) is 4.98 Å². The van der Waals surface area contributed by atoms with Crippen molar-refractivity contribution in [3.63, 3.8) is 0 Å². The van der Waals surface area contributed by atoms with Crippen LogP contribution < -0.4 is 5.32 Å². The number of halogens is 1. The molecule has 0 aliphatic carbocycles. The van der Waals surface area contributed by atoms with E-state index < -0.39 is 0 Å². The molecule has 0 fully saturated rings. The molecule has 0 radical (unpaired) electrons. The van der Waals surface area contributed by atoms with Crippen molar-refractivity contribution >= 4 is 39.6 Å². The van der Waals surface area contributed by atoms with Crippen LogP contribution in [0.25, 0.3) is 0 Å². The van der Waals surface area contributed by atoms with Gasteiger partial charge in [-0.1, -0.05) is 41.9 Å². The quantitative estimate of drug-likeness (QED) is 0.754. The van der Waals surface area contributed by atoms with Crippen LogP contribution in [0.1, 0.15) is 16.3 Å². The Hall–Kier alpha value is -1.43. The molecule has 0 bridgehead atoms. The molecule has 2 aromatic heterocycles. The van der Waals surface area contributed by atoms with Crippen molar-refractivity contribution in [2.24, 2.45) is 0 Å². The molecule has 0 saturated heterocycles. The lowest BCUT2D eigenvalue weighted by atomic mass is 10.1. The first-order valence-corrected chi connectivity index (χ1v) is 8.16. The normalized spacial score (nSPS) is 10.7. The summed E-state index contributed by atoms with van der Waals surface area (Å²) in [5.41, 5.74) is 1.22. The molecule has 3 nitrogen and oxygen atoms in total. The van der Waals surface area contributed by atoms with Gasteiger partial charge in [-0.2, -0.15) is 4.37 Å². The fraction of sp³-hybridized carbons (Fsp3) is 0.143. The predicted octanol–water partition coefficient (Wildman–Crippen LogP) is 4.46. The van der Waals surface area contributed by atoms with Gasteiger partial charge < -0.3 is 5.32 Å². The van der Waals surface area contributed by atoms with Crippen molar-refractivity contribution in [1.82, 2.24) is 9.36 Å². The summed E-state index contributed by atoms with van der Waals surface area (Å²) in [5, 5.41) is 6.89. The highest BCUT2D eigenvalue weighted by atomic mass is 35.5. The summed E-state index contributed by atoms with van der Waals surface area (Å²) in [7, 11) is 0. The minimum atomic E-state index is 0.691. The van der Waals surface area contributed by atoms with Gasteiger partial charge in [0.05, 0.1) is 11.6 Å². The molecule has 0 saturated carbocycles. The smallest absolute Gasteiger partial charge is 0.202 e. The monoisotopic (exact) mass is 321 g/mol. The van der Waals surface area contributed by atoms with Crippen molar-refractivity contribution in [2.45, 2.75) is 13.0 Å². The van der Waals surface area contributed by atoms with Gasteiger partial charge in [0.15, 0.2) is 0 Å². The second-order valence-corrected chi connectivity index (χ2v) is 6.38. The van der Waals surface area contributed by atoms with Crippen LogP contribution in [0.5, 0.6) is 0 Å². The summed E-state index contributed by atoms with van der Waals surface area (Å²) in [5.74, 6) is 0.848. The molecule has 1 aromatic carbocycles. The highest BCUT2D eigenvalue weighted by Crippen LogP contribution is 2.23. The van der Waals surface area contributed by atoms with Gasteiger partial charge in [-0.3, -0.25) is 0 Å². The second kappa shape index (κ2) is 6.35. The lowest BCUT2D eigenvalue weighted by molar-refractivity contribution is 1.03. The van der Waals surface area contributed by atoms with Crippen LogP contribution >= 0.6 is 34.5 Å². The third-order valence-corrected chi connectivity index (χ3v) is 4.86. The van der Waals surface area contributed by atoms with Crippen LogP contribution in [0.2, 0.25) is 5.02 Å². The fourth-order valence-electron chi connectivity index (χ4n) is 1.78. The van der Waals surface area contributed by atoms with Crippen LogP contribution in [0.4, 0.5) is 5.13 Å². The predicted molar refractivity (Wildman–Crippen MR) is 85.8 cm³/mol. The van der Waals surface area contributed by atoms with Gasteiger partial charge in [-0.05, 0) is 17.0 Å². The molecule has 102 valence electrons. The zero-order chi connectivity index (χ0) is 13.8. The average Bonchev–Trinajstić information content (AvgIpc) is 3.07. The largest absolute Gasteiger partial charge is 0.355 e. The summed E-state index contributed by atoms with van der Waals surface area (Å²) in [6, 6.07) is 12.1. The molecule has 3 rings (SSSR count). The summed E-state index contributed by atoms with van der Waals surface area (Å²) in [4.78, 5) is 5.61. The zero-order valence-electron chi connectivity index (χ0n) is 10.5. The Labute approximate surface area is 130 Å². The number of aromatic nitrogens is 2. The van der Waals surface area contributed by atoms with E-state index in [0.717, 1.165) is 27.3 Å². The van der Waals surface area contributed by atoms with Gasteiger partial charge >= 0.3 is 0 Å². The Kier molecular flexibility index (Phi) is 4.30. The number of anilines is 1. The molecule has 3 aromatic rings. The number of hydrogen-bond acceptors (Lipinski definition) is 5. The first kappa shape index (κ1) is 13.5. The van der Waals surface area contributed by atoms with Crippen molar-refractivity contribution in [3.05, 3.63) is 63.1 Å². The summed E-state index contributed by atoms with van der Waals surface area (Å²) in [6.45, 7) is 0.691. The van der Waals surface area contributed by atoms with Crippen LogP contribution in [0, 0.1) is 0 Å². The number of thiophene rings is 1. The molecular formula is C14H12ClN3S2. The molecular weight excluding hydrogens is 310 g/mol. The Morgan fingerprint density at radius 2 is 2.00 bits per heavy atom. The number of benzene rings is 1.